The summed E-state index contributed by atoms with van der Waals surface area (Å²) in [6, 6.07) is 7.25. The largest absolute Gasteiger partial charge is 0.494 e. The van der Waals surface area contributed by atoms with Crippen LogP contribution in [0.1, 0.15) is 6.92 Å². The molecule has 2 aromatic carbocycles. The number of aromatic nitrogens is 2. The second kappa shape index (κ2) is 10.7. The number of nitrogens with one attached hydrogen (secondary N) is 2. The molecule has 1 aliphatic heterocycles. The maximum Gasteiger partial charge on any atom is 0.323 e. The molecule has 0 unspecified atom stereocenters. The number of carbonyl (C=O) groups excluding carboxylic acids is 2. The van der Waals surface area contributed by atoms with Gasteiger partial charge in [0.2, 0.25) is 5.91 Å². The summed E-state index contributed by atoms with van der Waals surface area (Å²) in [7, 11) is 1.49. The number of anilines is 3. The monoisotopic (exact) mass is 499 g/mol. The Morgan fingerprint density at radius 3 is 2.94 bits per heavy atom. The summed E-state index contributed by atoms with van der Waals surface area (Å²) in [5, 5.41) is 6.49. The number of fused-ring (bicyclic) bond motifs is 1. The van der Waals surface area contributed by atoms with Crippen molar-refractivity contribution in [1.29, 1.82) is 0 Å². The summed E-state index contributed by atoms with van der Waals surface area (Å²) in [6.45, 7) is 3.14. The van der Waals surface area contributed by atoms with Crippen molar-refractivity contribution in [2.75, 3.05) is 37.4 Å². The van der Waals surface area contributed by atoms with Crippen molar-refractivity contribution in [3.63, 3.8) is 0 Å². The zero-order valence-electron chi connectivity index (χ0n) is 19.0. The van der Waals surface area contributed by atoms with Gasteiger partial charge in [0.15, 0.2) is 0 Å². The van der Waals surface area contributed by atoms with E-state index in [4.69, 9.17) is 21.1 Å². The van der Waals surface area contributed by atoms with Crippen LogP contribution < -0.4 is 15.4 Å². The summed E-state index contributed by atoms with van der Waals surface area (Å²) in [5.41, 5.74) is 1.53. The van der Waals surface area contributed by atoms with Crippen molar-refractivity contribution < 1.29 is 23.5 Å². The molecule has 1 aromatic heterocycles. The molecule has 11 heteroatoms. The number of benzene rings is 2. The maximum atomic E-state index is 13.5. The molecule has 0 radical (unpaired) electrons. The van der Waals surface area contributed by atoms with Crippen LogP contribution in [0.25, 0.3) is 10.9 Å². The van der Waals surface area contributed by atoms with Gasteiger partial charge >= 0.3 is 5.97 Å². The Bertz CT molecular complexity index is 1300. The Morgan fingerprint density at radius 2 is 2.17 bits per heavy atom. The van der Waals surface area contributed by atoms with E-state index in [1.54, 1.807) is 25.1 Å². The third-order valence-corrected chi connectivity index (χ3v) is 5.81. The SMILES string of the molecule is COc1cc2ncnc(Nc3ccc(F)c(Cl)c3)c2cc1NC(=O)/C=C/CN1CCOC(=O)[C@@H]1C. The lowest BCUT2D eigenvalue weighted by Crippen LogP contribution is -2.47. The number of hydrogen-bond acceptors (Lipinski definition) is 8. The fraction of sp³-hybridized carbons (Fsp3) is 0.250. The van der Waals surface area contributed by atoms with E-state index in [0.717, 1.165) is 0 Å². The summed E-state index contributed by atoms with van der Waals surface area (Å²) in [6.07, 6.45) is 4.47. The first-order chi connectivity index (χ1) is 16.9. The van der Waals surface area contributed by atoms with Crippen LogP contribution in [0.5, 0.6) is 5.75 Å². The van der Waals surface area contributed by atoms with E-state index in [1.807, 2.05) is 4.90 Å². The molecule has 1 fully saturated rings. The summed E-state index contributed by atoms with van der Waals surface area (Å²) >= 11 is 5.88. The lowest BCUT2D eigenvalue weighted by Gasteiger charge is -2.30. The second-order valence-corrected chi connectivity index (χ2v) is 8.18. The highest BCUT2D eigenvalue weighted by Crippen LogP contribution is 2.33. The number of ether oxygens (including phenoxy) is 2. The van der Waals surface area contributed by atoms with Gasteiger partial charge in [-0.25, -0.2) is 14.4 Å². The number of nitrogens with zero attached hydrogens (tertiary/aromatic N) is 3. The van der Waals surface area contributed by atoms with Gasteiger partial charge in [0.25, 0.3) is 0 Å². The molecule has 0 saturated carbocycles. The topological polar surface area (TPSA) is 106 Å². The van der Waals surface area contributed by atoms with E-state index in [-0.39, 0.29) is 22.9 Å². The fourth-order valence-electron chi connectivity index (χ4n) is 3.61. The summed E-state index contributed by atoms with van der Waals surface area (Å²) in [5.74, 6) is -0.309. The Labute approximate surface area is 205 Å². The number of rotatable bonds is 7. The first-order valence-electron chi connectivity index (χ1n) is 10.8. The lowest BCUT2D eigenvalue weighted by atomic mass is 10.1. The van der Waals surface area contributed by atoms with Gasteiger partial charge in [0.1, 0.15) is 36.4 Å². The number of carbonyl (C=O) groups is 2. The van der Waals surface area contributed by atoms with Gasteiger partial charge in [-0.15, -0.1) is 0 Å². The fourth-order valence-corrected chi connectivity index (χ4v) is 3.79. The average Bonchev–Trinajstić information content (AvgIpc) is 2.84. The van der Waals surface area contributed by atoms with Gasteiger partial charge in [-0.05, 0) is 31.2 Å². The lowest BCUT2D eigenvalue weighted by molar-refractivity contribution is -0.155. The minimum Gasteiger partial charge on any atom is -0.494 e. The van der Waals surface area contributed by atoms with Crippen LogP contribution in [-0.2, 0) is 14.3 Å². The number of hydrogen-bond donors (Lipinski definition) is 2. The molecule has 1 saturated heterocycles. The first kappa shape index (κ1) is 24.4. The van der Waals surface area contributed by atoms with E-state index in [1.165, 1.54) is 37.7 Å². The van der Waals surface area contributed by atoms with Crippen LogP contribution >= 0.6 is 11.6 Å². The van der Waals surface area contributed by atoms with Gasteiger partial charge < -0.3 is 20.1 Å². The second-order valence-electron chi connectivity index (χ2n) is 7.78. The van der Waals surface area contributed by atoms with Gasteiger partial charge in [0, 0.05) is 36.3 Å². The Morgan fingerprint density at radius 1 is 1.34 bits per heavy atom. The molecule has 0 bridgehead atoms. The smallest absolute Gasteiger partial charge is 0.323 e. The summed E-state index contributed by atoms with van der Waals surface area (Å²) in [4.78, 5) is 34.7. The first-order valence-corrected chi connectivity index (χ1v) is 11.2. The molecular formula is C24H23ClFN5O4. The van der Waals surface area contributed by atoms with Crippen LogP contribution in [-0.4, -0.2) is 59.6 Å². The van der Waals surface area contributed by atoms with E-state index in [9.17, 15) is 14.0 Å². The third kappa shape index (κ3) is 5.67. The van der Waals surface area contributed by atoms with Crippen molar-refractivity contribution in [1.82, 2.24) is 14.9 Å². The third-order valence-electron chi connectivity index (χ3n) is 5.52. The van der Waals surface area contributed by atoms with Crippen molar-refractivity contribution in [2.45, 2.75) is 13.0 Å². The Hall–Kier alpha value is -3.76. The quantitative estimate of drug-likeness (QED) is 0.372. The molecule has 0 spiro atoms. The molecule has 9 nitrogen and oxygen atoms in total. The average molecular weight is 500 g/mol. The minimum absolute atomic E-state index is 0.0226. The number of methoxy groups -OCH3 is 1. The molecule has 4 rings (SSSR count). The normalized spacial score (nSPS) is 16.3. The highest BCUT2D eigenvalue weighted by Gasteiger charge is 2.26. The zero-order valence-corrected chi connectivity index (χ0v) is 19.8. The number of cyclic esters (lactones) is 1. The van der Waals surface area contributed by atoms with E-state index < -0.39 is 5.82 Å². The molecule has 2 N–H and O–H groups in total. The molecule has 1 amide bonds. The summed E-state index contributed by atoms with van der Waals surface area (Å²) < 4.78 is 23.9. The van der Waals surface area contributed by atoms with Crippen LogP contribution in [0, 0.1) is 5.82 Å². The molecule has 2 heterocycles. The standard InChI is InChI=1S/C24H23ClFN5O4/c1-14-24(33)35-9-8-31(14)7-3-4-22(32)30-20-11-16-19(12-21(20)34-2)27-13-28-23(16)29-15-5-6-18(26)17(25)10-15/h3-6,10-14H,7-9H2,1-2H3,(H,30,32)(H,27,28,29)/b4-3+/t14-/m0/s1. The number of morpholine rings is 1. The molecule has 1 aliphatic rings. The van der Waals surface area contributed by atoms with Crippen LogP contribution in [0.4, 0.5) is 21.6 Å². The Kier molecular flexibility index (Phi) is 7.42. The van der Waals surface area contributed by atoms with Gasteiger partial charge in [-0.2, -0.15) is 0 Å². The molecular weight excluding hydrogens is 477 g/mol. The molecule has 0 aliphatic carbocycles. The van der Waals surface area contributed by atoms with Crippen LogP contribution in [0.3, 0.4) is 0 Å². The van der Waals surface area contributed by atoms with E-state index in [0.29, 0.717) is 53.5 Å². The number of halogens is 2. The predicted molar refractivity (Wildman–Crippen MR) is 131 cm³/mol. The van der Waals surface area contributed by atoms with Crippen molar-refractivity contribution in [2.24, 2.45) is 0 Å². The highest BCUT2D eigenvalue weighted by atomic mass is 35.5. The van der Waals surface area contributed by atoms with Crippen LogP contribution in [0.2, 0.25) is 5.02 Å². The highest BCUT2D eigenvalue weighted by molar-refractivity contribution is 6.31. The van der Waals surface area contributed by atoms with Crippen LogP contribution in [0.15, 0.2) is 48.8 Å². The molecule has 3 aromatic rings. The van der Waals surface area contributed by atoms with E-state index in [2.05, 4.69) is 20.6 Å². The predicted octanol–water partition coefficient (Wildman–Crippen LogP) is 3.92. The zero-order chi connectivity index (χ0) is 24.9. The van der Waals surface area contributed by atoms with E-state index >= 15 is 0 Å². The molecule has 35 heavy (non-hydrogen) atoms. The maximum absolute atomic E-state index is 13.5. The Balaban J connectivity index is 1.53. The van der Waals surface area contributed by atoms with Gasteiger partial charge in [0.05, 0.1) is 23.3 Å². The van der Waals surface area contributed by atoms with Gasteiger partial charge in [-0.3, -0.25) is 14.5 Å². The molecule has 182 valence electrons. The van der Waals surface area contributed by atoms with Crippen molar-refractivity contribution >= 4 is 51.6 Å². The van der Waals surface area contributed by atoms with Crippen molar-refractivity contribution in [3.05, 3.63) is 59.7 Å². The van der Waals surface area contributed by atoms with Gasteiger partial charge in [-0.1, -0.05) is 17.7 Å². The minimum atomic E-state index is -0.526. The number of esters is 1. The molecule has 1 atom stereocenters. The van der Waals surface area contributed by atoms with Crippen molar-refractivity contribution in [3.8, 4) is 5.75 Å². The number of amides is 1.